The molecule has 3 heterocycles. The number of anilines is 3. The van der Waals surface area contributed by atoms with Crippen LogP contribution in [-0.2, 0) is 12.8 Å². The SMILES string of the molecule is Cc1ccc2c(N)c(C(=O)N3c4ccccc4CCc4ccccc43)sc2n1. The molecule has 0 aliphatic carbocycles. The zero-order chi connectivity index (χ0) is 19.3. The molecule has 1 amide bonds. The van der Waals surface area contributed by atoms with E-state index in [9.17, 15) is 4.79 Å². The van der Waals surface area contributed by atoms with Crippen molar-refractivity contribution < 1.29 is 4.79 Å². The second kappa shape index (κ2) is 6.46. The zero-order valence-electron chi connectivity index (χ0n) is 15.5. The number of hydrogen-bond donors (Lipinski definition) is 1. The lowest BCUT2D eigenvalue weighted by molar-refractivity contribution is 0.100. The number of para-hydroxylation sites is 2. The van der Waals surface area contributed by atoms with E-state index >= 15 is 0 Å². The van der Waals surface area contributed by atoms with Crippen LogP contribution in [0, 0.1) is 6.92 Å². The summed E-state index contributed by atoms with van der Waals surface area (Å²) in [6, 6.07) is 20.1. The summed E-state index contributed by atoms with van der Waals surface area (Å²) >= 11 is 1.37. The molecule has 28 heavy (non-hydrogen) atoms. The quantitative estimate of drug-likeness (QED) is 0.486. The topological polar surface area (TPSA) is 59.2 Å². The van der Waals surface area contributed by atoms with Crippen LogP contribution in [0.1, 0.15) is 26.5 Å². The minimum atomic E-state index is -0.0973. The third-order valence-corrected chi connectivity index (χ3v) is 6.36. The van der Waals surface area contributed by atoms with Crippen molar-refractivity contribution in [1.82, 2.24) is 4.98 Å². The van der Waals surface area contributed by atoms with E-state index < -0.39 is 0 Å². The number of nitrogens with two attached hydrogens (primary N) is 1. The minimum absolute atomic E-state index is 0.0973. The third kappa shape index (κ3) is 2.59. The molecule has 0 unspecified atom stereocenters. The van der Waals surface area contributed by atoms with Gasteiger partial charge in [0.2, 0.25) is 0 Å². The fourth-order valence-electron chi connectivity index (χ4n) is 3.85. The van der Waals surface area contributed by atoms with Gasteiger partial charge in [0.25, 0.3) is 5.91 Å². The first-order valence-electron chi connectivity index (χ1n) is 9.29. The first kappa shape index (κ1) is 17.0. The summed E-state index contributed by atoms with van der Waals surface area (Å²) in [6.45, 7) is 1.94. The number of pyridine rings is 1. The van der Waals surface area contributed by atoms with E-state index in [1.807, 2.05) is 60.4 Å². The molecular weight excluding hydrogens is 366 g/mol. The lowest BCUT2D eigenvalue weighted by Crippen LogP contribution is -2.26. The molecule has 0 bridgehead atoms. The number of aromatic nitrogens is 1. The standard InChI is InChI=1S/C23H19N3OS/c1-14-10-13-17-20(24)21(28-22(17)25-14)23(27)26-18-8-4-2-6-15(18)11-12-16-7-3-5-9-19(16)26/h2-10,13H,11-12,24H2,1H3. The van der Waals surface area contributed by atoms with E-state index in [0.29, 0.717) is 10.6 Å². The summed E-state index contributed by atoms with van der Waals surface area (Å²) in [7, 11) is 0. The summed E-state index contributed by atoms with van der Waals surface area (Å²) in [5.41, 5.74) is 12.0. The lowest BCUT2D eigenvalue weighted by Gasteiger charge is -2.24. The van der Waals surface area contributed by atoms with Crippen molar-refractivity contribution in [3.05, 3.63) is 82.4 Å². The molecule has 2 N–H and O–H groups in total. The summed E-state index contributed by atoms with van der Waals surface area (Å²) < 4.78 is 0. The predicted molar refractivity (Wildman–Crippen MR) is 116 cm³/mol. The van der Waals surface area contributed by atoms with Crippen LogP contribution in [0.2, 0.25) is 0 Å². The number of thiophene rings is 1. The van der Waals surface area contributed by atoms with E-state index in [0.717, 1.165) is 40.1 Å². The molecule has 138 valence electrons. The van der Waals surface area contributed by atoms with Crippen LogP contribution in [0.15, 0.2) is 60.7 Å². The van der Waals surface area contributed by atoms with Crippen molar-refractivity contribution in [3.8, 4) is 0 Å². The highest BCUT2D eigenvalue weighted by molar-refractivity contribution is 7.21. The molecule has 1 aliphatic rings. The Morgan fingerprint density at radius 2 is 1.57 bits per heavy atom. The highest BCUT2D eigenvalue weighted by Crippen LogP contribution is 2.40. The van der Waals surface area contributed by atoms with Gasteiger partial charge in [-0.3, -0.25) is 9.69 Å². The number of carbonyl (C=O) groups is 1. The van der Waals surface area contributed by atoms with Gasteiger partial charge in [0.1, 0.15) is 9.71 Å². The van der Waals surface area contributed by atoms with Crippen molar-refractivity contribution in [3.63, 3.8) is 0 Å². The zero-order valence-corrected chi connectivity index (χ0v) is 16.3. The molecule has 4 nitrogen and oxygen atoms in total. The molecule has 0 saturated carbocycles. The molecule has 0 radical (unpaired) electrons. The van der Waals surface area contributed by atoms with Crippen LogP contribution in [0.4, 0.5) is 17.1 Å². The average molecular weight is 385 g/mol. The van der Waals surface area contributed by atoms with Gasteiger partial charge in [-0.25, -0.2) is 4.98 Å². The number of nitrogen functional groups attached to an aromatic ring is 1. The molecule has 2 aromatic carbocycles. The number of benzene rings is 2. The predicted octanol–water partition coefficient (Wildman–Crippen LogP) is 5.26. The number of aryl methyl sites for hydroxylation is 3. The normalized spacial score (nSPS) is 13.1. The second-order valence-corrected chi connectivity index (χ2v) is 8.05. The van der Waals surface area contributed by atoms with E-state index in [-0.39, 0.29) is 5.91 Å². The van der Waals surface area contributed by atoms with Gasteiger partial charge in [-0.15, -0.1) is 11.3 Å². The van der Waals surface area contributed by atoms with Crippen molar-refractivity contribution in [2.45, 2.75) is 19.8 Å². The Kier molecular flexibility index (Phi) is 3.91. The Morgan fingerprint density at radius 1 is 0.964 bits per heavy atom. The van der Waals surface area contributed by atoms with Gasteiger partial charge in [0, 0.05) is 11.1 Å². The molecule has 2 aromatic heterocycles. The van der Waals surface area contributed by atoms with Crippen molar-refractivity contribution in [2.75, 3.05) is 10.6 Å². The number of nitrogens with zero attached hydrogens (tertiary/aromatic N) is 2. The second-order valence-electron chi connectivity index (χ2n) is 7.05. The largest absolute Gasteiger partial charge is 0.397 e. The molecule has 5 heteroatoms. The minimum Gasteiger partial charge on any atom is -0.397 e. The van der Waals surface area contributed by atoms with Crippen molar-refractivity contribution >= 4 is 44.5 Å². The summed E-state index contributed by atoms with van der Waals surface area (Å²) in [6.07, 6.45) is 1.80. The summed E-state index contributed by atoms with van der Waals surface area (Å²) in [4.78, 5) is 21.5. The Bertz CT molecular complexity index is 1180. The Labute approximate surface area is 167 Å². The summed E-state index contributed by atoms with van der Waals surface area (Å²) in [5, 5.41) is 0.843. The van der Waals surface area contributed by atoms with Gasteiger partial charge in [-0.05, 0) is 55.2 Å². The van der Waals surface area contributed by atoms with Crippen LogP contribution in [0.3, 0.4) is 0 Å². The van der Waals surface area contributed by atoms with Gasteiger partial charge in [-0.2, -0.15) is 0 Å². The number of rotatable bonds is 1. The molecule has 0 spiro atoms. The first-order valence-corrected chi connectivity index (χ1v) is 10.1. The molecule has 0 fully saturated rings. The van der Waals surface area contributed by atoms with Crippen LogP contribution in [-0.4, -0.2) is 10.9 Å². The Morgan fingerprint density at radius 3 is 2.21 bits per heavy atom. The molecule has 5 rings (SSSR count). The molecular formula is C23H19N3OS. The van der Waals surface area contributed by atoms with Gasteiger partial charge in [0.15, 0.2) is 0 Å². The van der Waals surface area contributed by atoms with Gasteiger partial charge < -0.3 is 5.73 Å². The average Bonchev–Trinajstić information content (AvgIpc) is 2.93. The maximum absolute atomic E-state index is 13.8. The fourth-order valence-corrected chi connectivity index (χ4v) is 4.92. The maximum atomic E-state index is 13.8. The van der Waals surface area contributed by atoms with Crippen LogP contribution >= 0.6 is 11.3 Å². The molecule has 0 atom stereocenters. The molecule has 1 aliphatic heterocycles. The highest BCUT2D eigenvalue weighted by Gasteiger charge is 2.29. The van der Waals surface area contributed by atoms with E-state index in [1.165, 1.54) is 22.5 Å². The van der Waals surface area contributed by atoms with Crippen molar-refractivity contribution in [2.24, 2.45) is 0 Å². The number of hydrogen-bond acceptors (Lipinski definition) is 4. The highest BCUT2D eigenvalue weighted by atomic mass is 32.1. The Hall–Kier alpha value is -3.18. The maximum Gasteiger partial charge on any atom is 0.275 e. The van der Waals surface area contributed by atoms with E-state index in [4.69, 9.17) is 5.73 Å². The first-order chi connectivity index (χ1) is 13.6. The van der Waals surface area contributed by atoms with Crippen molar-refractivity contribution in [1.29, 1.82) is 0 Å². The Balaban J connectivity index is 1.73. The van der Waals surface area contributed by atoms with Gasteiger partial charge in [0.05, 0.1) is 17.1 Å². The van der Waals surface area contributed by atoms with Gasteiger partial charge in [-0.1, -0.05) is 36.4 Å². The number of amides is 1. The van der Waals surface area contributed by atoms with Crippen LogP contribution in [0.5, 0.6) is 0 Å². The fraction of sp³-hybridized carbons (Fsp3) is 0.130. The molecule has 0 saturated heterocycles. The third-order valence-electron chi connectivity index (χ3n) is 5.26. The number of fused-ring (bicyclic) bond motifs is 3. The summed E-state index contributed by atoms with van der Waals surface area (Å²) in [5.74, 6) is -0.0973. The van der Waals surface area contributed by atoms with E-state index in [1.54, 1.807) is 0 Å². The van der Waals surface area contributed by atoms with E-state index in [2.05, 4.69) is 17.1 Å². The smallest absolute Gasteiger partial charge is 0.275 e. The number of carbonyl (C=O) groups excluding carboxylic acids is 1. The monoisotopic (exact) mass is 385 g/mol. The molecule has 4 aromatic rings. The van der Waals surface area contributed by atoms with Crippen LogP contribution in [0.25, 0.3) is 10.2 Å². The van der Waals surface area contributed by atoms with Gasteiger partial charge >= 0.3 is 0 Å². The lowest BCUT2D eigenvalue weighted by atomic mass is 10.0. The van der Waals surface area contributed by atoms with Crippen LogP contribution < -0.4 is 10.6 Å².